The fourth-order valence-corrected chi connectivity index (χ4v) is 2.21. The van der Waals surface area contributed by atoms with Gasteiger partial charge in [-0.3, -0.25) is 4.68 Å². The van der Waals surface area contributed by atoms with E-state index >= 15 is 0 Å². The maximum Gasteiger partial charge on any atom is 0.0892 e. The summed E-state index contributed by atoms with van der Waals surface area (Å²) in [4.78, 5) is 0. The smallest absolute Gasteiger partial charge is 0.0892 e. The molecule has 1 atom stereocenters. The summed E-state index contributed by atoms with van der Waals surface area (Å²) in [5.41, 5.74) is 2.39. The number of hydrogen-bond acceptors (Lipinski definition) is 2. The van der Waals surface area contributed by atoms with Crippen molar-refractivity contribution >= 4 is 0 Å². The summed E-state index contributed by atoms with van der Waals surface area (Å²) in [7, 11) is 0. The summed E-state index contributed by atoms with van der Waals surface area (Å²) in [5.74, 6) is 0. The molecule has 1 saturated carbocycles. The van der Waals surface area contributed by atoms with Crippen LogP contribution in [0.4, 0.5) is 0 Å². The molecule has 1 N–H and O–H groups in total. The average Bonchev–Trinajstić information content (AvgIpc) is 3.13. The van der Waals surface area contributed by atoms with Crippen molar-refractivity contribution in [1.29, 1.82) is 0 Å². The lowest BCUT2D eigenvalue weighted by atomic mass is 10.1. The maximum atomic E-state index is 4.56. The van der Waals surface area contributed by atoms with Gasteiger partial charge in [-0.15, -0.1) is 0 Å². The lowest BCUT2D eigenvalue weighted by Gasteiger charge is -2.18. The molecule has 1 aromatic heterocycles. The van der Waals surface area contributed by atoms with Crippen molar-refractivity contribution in [3.8, 4) is 0 Å². The second kappa shape index (κ2) is 4.94. The van der Waals surface area contributed by atoms with Crippen molar-refractivity contribution in [3.05, 3.63) is 53.9 Å². The van der Waals surface area contributed by atoms with Crippen LogP contribution in [-0.4, -0.2) is 22.4 Å². The molecule has 0 bridgehead atoms. The van der Waals surface area contributed by atoms with Gasteiger partial charge in [0.25, 0.3) is 0 Å². The monoisotopic (exact) mass is 241 g/mol. The Balaban J connectivity index is 1.82. The van der Waals surface area contributed by atoms with Crippen LogP contribution in [0.1, 0.15) is 30.1 Å². The third-order valence-electron chi connectivity index (χ3n) is 3.42. The normalized spacial score (nSPS) is 16.7. The Morgan fingerprint density at radius 3 is 2.67 bits per heavy atom. The molecule has 18 heavy (non-hydrogen) atoms. The zero-order chi connectivity index (χ0) is 12.4. The van der Waals surface area contributed by atoms with Crippen LogP contribution in [0, 0.1) is 6.92 Å². The van der Waals surface area contributed by atoms with Gasteiger partial charge in [0.05, 0.1) is 11.7 Å². The molecular weight excluding hydrogens is 222 g/mol. The molecule has 3 nitrogen and oxygen atoms in total. The SMILES string of the molecule is Cc1ccn(C(CNC2CC2)c2ccccc2)n1. The van der Waals surface area contributed by atoms with Crippen LogP contribution >= 0.6 is 0 Å². The topological polar surface area (TPSA) is 29.9 Å². The van der Waals surface area contributed by atoms with Crippen LogP contribution < -0.4 is 5.32 Å². The first-order valence-electron chi connectivity index (χ1n) is 6.63. The molecule has 1 fully saturated rings. The first-order valence-corrected chi connectivity index (χ1v) is 6.63. The van der Waals surface area contributed by atoms with E-state index in [0.29, 0.717) is 6.04 Å². The van der Waals surface area contributed by atoms with E-state index in [1.165, 1.54) is 18.4 Å². The Morgan fingerprint density at radius 2 is 2.06 bits per heavy atom. The molecule has 94 valence electrons. The van der Waals surface area contributed by atoms with Gasteiger partial charge in [-0.2, -0.15) is 5.10 Å². The second-order valence-corrected chi connectivity index (χ2v) is 5.05. The highest BCUT2D eigenvalue weighted by Gasteiger charge is 2.23. The molecule has 1 unspecified atom stereocenters. The van der Waals surface area contributed by atoms with Crippen LogP contribution in [-0.2, 0) is 0 Å². The Hall–Kier alpha value is -1.61. The van der Waals surface area contributed by atoms with Gasteiger partial charge in [-0.1, -0.05) is 30.3 Å². The standard InChI is InChI=1S/C15H19N3/c1-12-9-10-18(17-12)15(11-16-14-7-8-14)13-5-3-2-4-6-13/h2-6,9-10,14-16H,7-8,11H2,1H3. The van der Waals surface area contributed by atoms with Crippen LogP contribution in [0.25, 0.3) is 0 Å². The highest BCUT2D eigenvalue weighted by atomic mass is 15.3. The lowest BCUT2D eigenvalue weighted by Crippen LogP contribution is -2.28. The fourth-order valence-electron chi connectivity index (χ4n) is 2.21. The van der Waals surface area contributed by atoms with Crippen LogP contribution in [0.3, 0.4) is 0 Å². The zero-order valence-electron chi connectivity index (χ0n) is 10.7. The quantitative estimate of drug-likeness (QED) is 0.871. The Labute approximate surface area is 108 Å². The van der Waals surface area contributed by atoms with E-state index in [0.717, 1.165) is 18.3 Å². The molecule has 0 saturated heterocycles. The molecule has 0 amide bonds. The molecule has 0 aliphatic heterocycles. The summed E-state index contributed by atoms with van der Waals surface area (Å²) >= 11 is 0. The number of aromatic nitrogens is 2. The Kier molecular flexibility index (Phi) is 3.15. The van der Waals surface area contributed by atoms with E-state index in [4.69, 9.17) is 0 Å². The largest absolute Gasteiger partial charge is 0.312 e. The molecule has 1 aliphatic carbocycles. The molecule has 3 heteroatoms. The first kappa shape index (κ1) is 11.5. The predicted molar refractivity (Wildman–Crippen MR) is 72.6 cm³/mol. The molecule has 1 aliphatic rings. The predicted octanol–water partition coefficient (Wildman–Crippen LogP) is 2.53. The lowest BCUT2D eigenvalue weighted by molar-refractivity contribution is 0.477. The molecule has 2 aromatic rings. The average molecular weight is 241 g/mol. The van der Waals surface area contributed by atoms with E-state index < -0.39 is 0 Å². The molecule has 1 aromatic carbocycles. The minimum absolute atomic E-state index is 0.292. The highest BCUT2D eigenvalue weighted by molar-refractivity contribution is 5.20. The van der Waals surface area contributed by atoms with Crippen molar-refractivity contribution in [2.24, 2.45) is 0 Å². The number of hydrogen-bond donors (Lipinski definition) is 1. The van der Waals surface area contributed by atoms with Crippen molar-refractivity contribution in [3.63, 3.8) is 0 Å². The van der Waals surface area contributed by atoms with E-state index in [1.54, 1.807) is 0 Å². The van der Waals surface area contributed by atoms with Gasteiger partial charge in [-0.25, -0.2) is 0 Å². The van der Waals surface area contributed by atoms with Crippen LogP contribution in [0.2, 0.25) is 0 Å². The number of benzene rings is 1. The molecule has 0 radical (unpaired) electrons. The zero-order valence-corrected chi connectivity index (χ0v) is 10.7. The summed E-state index contributed by atoms with van der Waals surface area (Å²) < 4.78 is 2.07. The van der Waals surface area contributed by atoms with E-state index in [9.17, 15) is 0 Å². The number of aryl methyl sites for hydroxylation is 1. The molecular formula is C15H19N3. The number of nitrogens with zero attached hydrogens (tertiary/aromatic N) is 2. The third kappa shape index (κ3) is 2.62. The first-order chi connectivity index (χ1) is 8.83. The van der Waals surface area contributed by atoms with Crippen molar-refractivity contribution in [2.45, 2.75) is 31.8 Å². The van der Waals surface area contributed by atoms with Crippen molar-refractivity contribution < 1.29 is 0 Å². The van der Waals surface area contributed by atoms with Gasteiger partial charge in [0.2, 0.25) is 0 Å². The van der Waals surface area contributed by atoms with Crippen LogP contribution in [0.15, 0.2) is 42.6 Å². The minimum atomic E-state index is 0.292. The van der Waals surface area contributed by atoms with E-state index in [-0.39, 0.29) is 0 Å². The second-order valence-electron chi connectivity index (χ2n) is 5.05. The Morgan fingerprint density at radius 1 is 1.28 bits per heavy atom. The van der Waals surface area contributed by atoms with E-state index in [2.05, 4.69) is 57.7 Å². The number of rotatable bonds is 5. The van der Waals surface area contributed by atoms with Crippen molar-refractivity contribution in [1.82, 2.24) is 15.1 Å². The summed E-state index contributed by atoms with van der Waals surface area (Å²) in [5, 5.41) is 8.16. The Bertz CT molecular complexity index is 499. The van der Waals surface area contributed by atoms with Gasteiger partial charge < -0.3 is 5.32 Å². The summed E-state index contributed by atoms with van der Waals surface area (Å²) in [6, 6.07) is 13.7. The molecule has 0 spiro atoms. The van der Waals surface area contributed by atoms with Crippen LogP contribution in [0.5, 0.6) is 0 Å². The van der Waals surface area contributed by atoms with Gasteiger partial charge in [-0.05, 0) is 31.4 Å². The van der Waals surface area contributed by atoms with Gasteiger partial charge in [0, 0.05) is 18.8 Å². The van der Waals surface area contributed by atoms with E-state index in [1.807, 2.05) is 6.92 Å². The van der Waals surface area contributed by atoms with Gasteiger partial charge in [0.1, 0.15) is 0 Å². The van der Waals surface area contributed by atoms with Crippen molar-refractivity contribution in [2.75, 3.05) is 6.54 Å². The summed E-state index contributed by atoms with van der Waals surface area (Å²) in [6.45, 7) is 2.99. The summed E-state index contributed by atoms with van der Waals surface area (Å²) in [6.07, 6.45) is 4.71. The fraction of sp³-hybridized carbons (Fsp3) is 0.400. The molecule has 1 heterocycles. The maximum absolute atomic E-state index is 4.56. The third-order valence-corrected chi connectivity index (χ3v) is 3.42. The minimum Gasteiger partial charge on any atom is -0.312 e. The number of nitrogens with one attached hydrogen (secondary N) is 1. The van der Waals surface area contributed by atoms with Gasteiger partial charge in [0.15, 0.2) is 0 Å². The van der Waals surface area contributed by atoms with Gasteiger partial charge >= 0.3 is 0 Å². The highest BCUT2D eigenvalue weighted by Crippen LogP contribution is 2.22. The molecule has 3 rings (SSSR count).